The monoisotopic (exact) mass is 281 g/mol. The number of hydrogen-bond donors (Lipinski definition) is 2. The maximum Gasteiger partial charge on any atom is 0.239 e. The lowest BCUT2D eigenvalue weighted by atomic mass is 10.2. The molecule has 3 N–H and O–H groups in total. The van der Waals surface area contributed by atoms with Gasteiger partial charge < -0.3 is 16.0 Å². The number of benzene rings is 1. The molecule has 1 rings (SSSR count). The van der Waals surface area contributed by atoms with Crippen molar-refractivity contribution >= 4 is 11.6 Å². The van der Waals surface area contributed by atoms with E-state index in [9.17, 15) is 9.18 Å². The zero-order valence-corrected chi connectivity index (χ0v) is 12.2. The van der Waals surface area contributed by atoms with Crippen LogP contribution in [0.5, 0.6) is 0 Å². The molecule has 1 aromatic carbocycles. The zero-order valence-electron chi connectivity index (χ0n) is 12.2. The standard InChI is InChI=1S/C15H24FN3O/c1-12(2)10-18-15(20)11-19(9-3-8-17)14-6-4-13(16)5-7-14/h4-7,12H,3,8-11,17H2,1-2H3,(H,18,20). The van der Waals surface area contributed by atoms with E-state index >= 15 is 0 Å². The molecule has 0 aliphatic heterocycles. The molecular formula is C15H24FN3O. The van der Waals surface area contributed by atoms with Gasteiger partial charge in [-0.05, 0) is 43.1 Å². The third-order valence-corrected chi connectivity index (χ3v) is 2.87. The van der Waals surface area contributed by atoms with E-state index in [1.165, 1.54) is 12.1 Å². The van der Waals surface area contributed by atoms with E-state index < -0.39 is 0 Å². The molecule has 1 amide bonds. The van der Waals surface area contributed by atoms with Crippen molar-refractivity contribution in [3.05, 3.63) is 30.1 Å². The summed E-state index contributed by atoms with van der Waals surface area (Å²) >= 11 is 0. The summed E-state index contributed by atoms with van der Waals surface area (Å²) in [5, 5.41) is 2.88. The minimum atomic E-state index is -0.281. The van der Waals surface area contributed by atoms with Crippen molar-refractivity contribution in [1.82, 2.24) is 5.32 Å². The van der Waals surface area contributed by atoms with Crippen molar-refractivity contribution in [2.75, 3.05) is 31.1 Å². The van der Waals surface area contributed by atoms with Gasteiger partial charge in [0.2, 0.25) is 5.91 Å². The highest BCUT2D eigenvalue weighted by Crippen LogP contribution is 2.14. The normalized spacial score (nSPS) is 10.7. The summed E-state index contributed by atoms with van der Waals surface area (Å²) in [5.74, 6) is 0.110. The van der Waals surface area contributed by atoms with Crippen LogP contribution in [-0.2, 0) is 4.79 Å². The van der Waals surface area contributed by atoms with Gasteiger partial charge in [-0.2, -0.15) is 0 Å². The molecule has 0 unspecified atom stereocenters. The number of carbonyl (C=O) groups is 1. The molecule has 0 aromatic heterocycles. The number of amides is 1. The first-order valence-electron chi connectivity index (χ1n) is 7.00. The Morgan fingerprint density at radius 1 is 1.35 bits per heavy atom. The molecule has 0 saturated heterocycles. The molecule has 5 heteroatoms. The number of anilines is 1. The fourth-order valence-corrected chi connectivity index (χ4v) is 1.78. The van der Waals surface area contributed by atoms with Gasteiger partial charge in [-0.15, -0.1) is 0 Å². The highest BCUT2D eigenvalue weighted by Gasteiger charge is 2.11. The van der Waals surface area contributed by atoms with Gasteiger partial charge in [0.25, 0.3) is 0 Å². The van der Waals surface area contributed by atoms with Gasteiger partial charge in [-0.3, -0.25) is 4.79 Å². The molecule has 0 aliphatic carbocycles. The van der Waals surface area contributed by atoms with Crippen molar-refractivity contribution < 1.29 is 9.18 Å². The molecular weight excluding hydrogens is 257 g/mol. The number of rotatable bonds is 8. The zero-order chi connectivity index (χ0) is 15.0. The summed E-state index contributed by atoms with van der Waals surface area (Å²) in [6.07, 6.45) is 0.787. The van der Waals surface area contributed by atoms with Crippen LogP contribution in [0.4, 0.5) is 10.1 Å². The number of carbonyl (C=O) groups excluding carboxylic acids is 1. The lowest BCUT2D eigenvalue weighted by Gasteiger charge is -2.24. The molecule has 4 nitrogen and oxygen atoms in total. The van der Waals surface area contributed by atoms with Crippen molar-refractivity contribution in [3.63, 3.8) is 0 Å². The molecule has 0 aliphatic rings. The van der Waals surface area contributed by atoms with Gasteiger partial charge in [-0.25, -0.2) is 4.39 Å². The molecule has 0 heterocycles. The Kier molecular flexibility index (Phi) is 7.01. The van der Waals surface area contributed by atoms with E-state index in [4.69, 9.17) is 5.73 Å². The molecule has 20 heavy (non-hydrogen) atoms. The van der Waals surface area contributed by atoms with Crippen LogP contribution in [0.3, 0.4) is 0 Å². The lowest BCUT2D eigenvalue weighted by Crippen LogP contribution is -2.39. The Bertz CT molecular complexity index is 406. The third kappa shape index (κ3) is 6.02. The number of nitrogens with one attached hydrogen (secondary N) is 1. The van der Waals surface area contributed by atoms with Crippen molar-refractivity contribution in [2.45, 2.75) is 20.3 Å². The average molecular weight is 281 g/mol. The SMILES string of the molecule is CC(C)CNC(=O)CN(CCCN)c1ccc(F)cc1. The second-order valence-corrected chi connectivity index (χ2v) is 5.24. The Morgan fingerprint density at radius 2 is 2.00 bits per heavy atom. The number of hydrogen-bond acceptors (Lipinski definition) is 3. The number of nitrogens with zero attached hydrogens (tertiary/aromatic N) is 1. The second-order valence-electron chi connectivity index (χ2n) is 5.24. The van der Waals surface area contributed by atoms with E-state index in [1.54, 1.807) is 12.1 Å². The molecule has 0 atom stereocenters. The molecule has 0 fully saturated rings. The summed E-state index contributed by atoms with van der Waals surface area (Å²) in [7, 11) is 0. The van der Waals surface area contributed by atoms with Crippen LogP contribution in [0.25, 0.3) is 0 Å². The Hall–Kier alpha value is -1.62. The summed E-state index contributed by atoms with van der Waals surface area (Å²) in [6, 6.07) is 6.16. The van der Waals surface area contributed by atoms with E-state index in [0.717, 1.165) is 12.1 Å². The van der Waals surface area contributed by atoms with Crippen LogP contribution in [0.15, 0.2) is 24.3 Å². The van der Waals surface area contributed by atoms with Gasteiger partial charge in [0.15, 0.2) is 0 Å². The number of halogens is 1. The van der Waals surface area contributed by atoms with E-state index in [-0.39, 0.29) is 18.3 Å². The fourth-order valence-electron chi connectivity index (χ4n) is 1.78. The maximum atomic E-state index is 13.0. The van der Waals surface area contributed by atoms with Crippen molar-refractivity contribution in [1.29, 1.82) is 0 Å². The summed E-state index contributed by atoms with van der Waals surface area (Å²) < 4.78 is 13.0. The van der Waals surface area contributed by atoms with Gasteiger partial charge in [0.05, 0.1) is 6.54 Å². The van der Waals surface area contributed by atoms with Gasteiger partial charge in [0.1, 0.15) is 5.82 Å². The van der Waals surface area contributed by atoms with Crippen molar-refractivity contribution in [3.8, 4) is 0 Å². The van der Waals surface area contributed by atoms with E-state index in [1.807, 2.05) is 18.7 Å². The Morgan fingerprint density at radius 3 is 2.55 bits per heavy atom. The van der Waals surface area contributed by atoms with Crippen LogP contribution in [0, 0.1) is 11.7 Å². The quantitative estimate of drug-likeness (QED) is 0.763. The highest BCUT2D eigenvalue weighted by atomic mass is 19.1. The first-order chi connectivity index (χ1) is 9.52. The van der Waals surface area contributed by atoms with Crippen LogP contribution >= 0.6 is 0 Å². The molecule has 0 radical (unpaired) electrons. The lowest BCUT2D eigenvalue weighted by molar-refractivity contribution is -0.119. The van der Waals surface area contributed by atoms with Crippen molar-refractivity contribution in [2.24, 2.45) is 11.7 Å². The summed E-state index contributed by atoms with van der Waals surface area (Å²) in [4.78, 5) is 13.8. The van der Waals surface area contributed by atoms with Crippen LogP contribution in [0.1, 0.15) is 20.3 Å². The molecule has 0 saturated carbocycles. The van der Waals surface area contributed by atoms with Crippen LogP contribution < -0.4 is 16.0 Å². The number of nitrogens with two attached hydrogens (primary N) is 1. The minimum absolute atomic E-state index is 0.0277. The maximum absolute atomic E-state index is 13.0. The predicted octanol–water partition coefficient (Wildman–Crippen LogP) is 1.75. The van der Waals surface area contributed by atoms with Crippen LogP contribution in [-0.4, -0.2) is 32.1 Å². The first kappa shape index (κ1) is 16.4. The molecule has 0 spiro atoms. The smallest absolute Gasteiger partial charge is 0.239 e. The van der Waals surface area contributed by atoms with E-state index in [2.05, 4.69) is 5.32 Å². The summed E-state index contributed by atoms with van der Waals surface area (Å²) in [5.41, 5.74) is 6.35. The summed E-state index contributed by atoms with van der Waals surface area (Å²) in [6.45, 7) is 6.26. The Labute approximate surface area is 120 Å². The third-order valence-electron chi connectivity index (χ3n) is 2.87. The van der Waals surface area contributed by atoms with Crippen LogP contribution in [0.2, 0.25) is 0 Å². The molecule has 0 bridgehead atoms. The predicted molar refractivity (Wildman–Crippen MR) is 80.1 cm³/mol. The topological polar surface area (TPSA) is 58.4 Å². The Balaban J connectivity index is 2.64. The first-order valence-corrected chi connectivity index (χ1v) is 7.00. The average Bonchev–Trinajstić information content (AvgIpc) is 2.42. The highest BCUT2D eigenvalue weighted by molar-refractivity contribution is 5.81. The second kappa shape index (κ2) is 8.53. The van der Waals surface area contributed by atoms with Gasteiger partial charge >= 0.3 is 0 Å². The fraction of sp³-hybridized carbons (Fsp3) is 0.533. The molecule has 1 aromatic rings. The van der Waals surface area contributed by atoms with Gasteiger partial charge in [0, 0.05) is 18.8 Å². The van der Waals surface area contributed by atoms with E-state index in [0.29, 0.717) is 25.6 Å². The molecule has 112 valence electrons. The minimum Gasteiger partial charge on any atom is -0.362 e. The van der Waals surface area contributed by atoms with Gasteiger partial charge in [-0.1, -0.05) is 13.8 Å². The largest absolute Gasteiger partial charge is 0.362 e.